The lowest BCUT2D eigenvalue weighted by atomic mass is 9.95. The number of carbonyl (C=O) groups excluding carboxylic acids is 2. The number of phenols is 1. The highest BCUT2D eigenvalue weighted by Crippen LogP contribution is 2.41. The van der Waals surface area contributed by atoms with Crippen molar-refractivity contribution in [1.82, 2.24) is 4.90 Å². The predicted molar refractivity (Wildman–Crippen MR) is 121 cm³/mol. The van der Waals surface area contributed by atoms with Gasteiger partial charge in [0.05, 0.1) is 29.9 Å². The van der Waals surface area contributed by atoms with Crippen LogP contribution in [0.15, 0.2) is 48.0 Å². The highest BCUT2D eigenvalue weighted by Gasteiger charge is 2.45. The summed E-state index contributed by atoms with van der Waals surface area (Å²) < 4.78 is 10.7. The number of hydrogen-bond donors (Lipinski definition) is 2. The van der Waals surface area contributed by atoms with Gasteiger partial charge in [-0.2, -0.15) is 0 Å². The number of nitrogens with zero attached hydrogens (tertiary/aromatic N) is 1. The van der Waals surface area contributed by atoms with E-state index in [1.54, 1.807) is 24.3 Å². The molecule has 1 atom stereocenters. The van der Waals surface area contributed by atoms with Crippen molar-refractivity contribution in [2.75, 3.05) is 20.3 Å². The fourth-order valence-electron chi connectivity index (χ4n) is 3.68. The van der Waals surface area contributed by atoms with Crippen molar-refractivity contribution in [3.63, 3.8) is 0 Å². The summed E-state index contributed by atoms with van der Waals surface area (Å²) in [6.07, 6.45) is 0.557. The third-order valence-corrected chi connectivity index (χ3v) is 5.44. The lowest BCUT2D eigenvalue weighted by molar-refractivity contribution is -0.140. The number of amides is 1. The maximum atomic E-state index is 13.0. The number of rotatable bonds is 8. The zero-order valence-corrected chi connectivity index (χ0v) is 18.9. The molecule has 2 N–H and O–H groups in total. The van der Waals surface area contributed by atoms with Crippen LogP contribution in [-0.4, -0.2) is 53.2 Å². The Bertz CT molecular complexity index is 1050. The van der Waals surface area contributed by atoms with Gasteiger partial charge in [-0.1, -0.05) is 23.7 Å². The van der Waals surface area contributed by atoms with E-state index in [4.69, 9.17) is 21.1 Å². The summed E-state index contributed by atoms with van der Waals surface area (Å²) in [4.78, 5) is 27.3. The molecule has 1 aliphatic rings. The zero-order chi connectivity index (χ0) is 23.4. The van der Waals surface area contributed by atoms with Gasteiger partial charge in [0, 0.05) is 18.7 Å². The molecule has 1 unspecified atom stereocenters. The molecule has 0 saturated carbocycles. The smallest absolute Gasteiger partial charge is 0.295 e. The third kappa shape index (κ3) is 4.89. The Kier molecular flexibility index (Phi) is 7.43. The summed E-state index contributed by atoms with van der Waals surface area (Å²) in [5, 5.41) is 21.3. The molecule has 1 aliphatic heterocycles. The number of halogens is 1. The number of phenolic OH excluding ortho intramolecular Hbond substituents is 1. The Morgan fingerprint density at radius 2 is 1.94 bits per heavy atom. The zero-order valence-electron chi connectivity index (χ0n) is 18.2. The van der Waals surface area contributed by atoms with Gasteiger partial charge >= 0.3 is 0 Å². The molecule has 3 rings (SSSR count). The number of Topliss-reactive ketones (excluding diaryl/α,β-unsaturated/α-hetero) is 1. The van der Waals surface area contributed by atoms with Crippen molar-refractivity contribution < 1.29 is 29.3 Å². The number of likely N-dealkylation sites (tertiary alicyclic amines) is 1. The summed E-state index contributed by atoms with van der Waals surface area (Å²) in [6, 6.07) is 10.0. The molecule has 1 saturated heterocycles. The number of aliphatic hydroxyl groups excluding tert-OH is 1. The molecule has 0 spiro atoms. The number of hydrogen-bond acceptors (Lipinski definition) is 6. The second kappa shape index (κ2) is 10.1. The molecule has 2 aromatic rings. The van der Waals surface area contributed by atoms with E-state index in [2.05, 4.69) is 0 Å². The molecule has 8 heteroatoms. The van der Waals surface area contributed by atoms with Crippen LogP contribution in [0.1, 0.15) is 37.4 Å². The summed E-state index contributed by atoms with van der Waals surface area (Å²) in [5.41, 5.74) is 0.726. The van der Waals surface area contributed by atoms with Crippen molar-refractivity contribution in [1.29, 1.82) is 0 Å². The van der Waals surface area contributed by atoms with Crippen LogP contribution in [0.5, 0.6) is 11.5 Å². The molecule has 32 heavy (non-hydrogen) atoms. The first-order chi connectivity index (χ1) is 15.2. The van der Waals surface area contributed by atoms with E-state index in [1.807, 2.05) is 13.8 Å². The van der Waals surface area contributed by atoms with Gasteiger partial charge in [-0.15, -0.1) is 0 Å². The van der Waals surface area contributed by atoms with E-state index in [0.717, 1.165) is 0 Å². The predicted octanol–water partition coefficient (Wildman–Crippen LogP) is 4.29. The number of ether oxygens (including phenoxy) is 2. The molecule has 7 nitrogen and oxygen atoms in total. The van der Waals surface area contributed by atoms with E-state index in [0.29, 0.717) is 24.3 Å². The number of methoxy groups -OCH3 is 1. The first-order valence-corrected chi connectivity index (χ1v) is 10.6. The van der Waals surface area contributed by atoms with Gasteiger partial charge in [-0.3, -0.25) is 9.59 Å². The molecule has 1 fully saturated rings. The molecule has 1 heterocycles. The molecule has 1 amide bonds. The van der Waals surface area contributed by atoms with Crippen LogP contribution in [0.25, 0.3) is 5.76 Å². The van der Waals surface area contributed by atoms with Crippen molar-refractivity contribution >= 4 is 29.1 Å². The van der Waals surface area contributed by atoms with Crippen LogP contribution in [0, 0.1) is 0 Å². The Morgan fingerprint density at radius 3 is 2.56 bits per heavy atom. The minimum Gasteiger partial charge on any atom is -0.508 e. The molecule has 0 bridgehead atoms. The van der Waals surface area contributed by atoms with Gasteiger partial charge in [-0.25, -0.2) is 0 Å². The maximum absolute atomic E-state index is 13.0. The topological polar surface area (TPSA) is 96.3 Å². The lowest BCUT2D eigenvalue weighted by Gasteiger charge is -2.25. The average Bonchev–Trinajstić information content (AvgIpc) is 3.01. The molecule has 2 aromatic carbocycles. The van der Waals surface area contributed by atoms with Crippen molar-refractivity contribution in [2.45, 2.75) is 32.4 Å². The number of ketones is 1. The van der Waals surface area contributed by atoms with Crippen LogP contribution in [-0.2, 0) is 14.3 Å². The van der Waals surface area contributed by atoms with Gasteiger partial charge in [0.1, 0.15) is 17.3 Å². The van der Waals surface area contributed by atoms with E-state index in [-0.39, 0.29) is 40.3 Å². The van der Waals surface area contributed by atoms with Gasteiger partial charge in [0.15, 0.2) is 0 Å². The van der Waals surface area contributed by atoms with Gasteiger partial charge in [0.2, 0.25) is 0 Å². The molecular weight excluding hydrogens is 434 g/mol. The standard InChI is InChI=1S/C24H26ClNO6/c1-14(2)32-11-5-10-26-21(15-6-4-7-17(27)12-15)20(23(29)24(26)30)22(28)16-8-9-19(31-3)18(25)13-16/h4,6-9,12-14,21,27-28H,5,10-11H2,1-3H3/b22-20-. The van der Waals surface area contributed by atoms with E-state index in [9.17, 15) is 19.8 Å². The fourth-order valence-corrected chi connectivity index (χ4v) is 3.93. The molecule has 0 aromatic heterocycles. The van der Waals surface area contributed by atoms with E-state index < -0.39 is 17.7 Å². The average molecular weight is 460 g/mol. The summed E-state index contributed by atoms with van der Waals surface area (Å²) in [5.74, 6) is -1.46. The quantitative estimate of drug-likeness (QED) is 0.264. The Balaban J connectivity index is 2.06. The SMILES string of the molecule is COc1ccc(/C(O)=C2/C(=O)C(=O)N(CCCOC(C)C)C2c2cccc(O)c2)cc1Cl. The Morgan fingerprint density at radius 1 is 1.19 bits per heavy atom. The number of benzene rings is 2. The lowest BCUT2D eigenvalue weighted by Crippen LogP contribution is -2.31. The number of aliphatic hydroxyl groups is 1. The van der Waals surface area contributed by atoms with Crippen LogP contribution < -0.4 is 4.74 Å². The Labute approximate surface area is 191 Å². The minimum atomic E-state index is -0.859. The second-order valence-electron chi connectivity index (χ2n) is 7.71. The van der Waals surface area contributed by atoms with Crippen molar-refractivity contribution in [3.8, 4) is 11.5 Å². The highest BCUT2D eigenvalue weighted by molar-refractivity contribution is 6.46. The van der Waals surface area contributed by atoms with Crippen molar-refractivity contribution in [3.05, 3.63) is 64.2 Å². The van der Waals surface area contributed by atoms with Crippen LogP contribution in [0.3, 0.4) is 0 Å². The Hall–Kier alpha value is -3.03. The normalized spacial score (nSPS) is 17.9. The number of carbonyl (C=O) groups is 2. The van der Waals surface area contributed by atoms with Crippen LogP contribution in [0.2, 0.25) is 5.02 Å². The van der Waals surface area contributed by atoms with Gasteiger partial charge < -0.3 is 24.6 Å². The molecule has 170 valence electrons. The van der Waals surface area contributed by atoms with E-state index in [1.165, 1.54) is 30.2 Å². The van der Waals surface area contributed by atoms with Crippen LogP contribution in [0.4, 0.5) is 0 Å². The first kappa shape index (κ1) is 23.6. The molecular formula is C24H26ClNO6. The first-order valence-electron chi connectivity index (χ1n) is 10.3. The number of aromatic hydroxyl groups is 1. The molecule has 0 aliphatic carbocycles. The van der Waals surface area contributed by atoms with Crippen LogP contribution >= 0.6 is 11.6 Å². The largest absolute Gasteiger partial charge is 0.508 e. The fraction of sp³-hybridized carbons (Fsp3) is 0.333. The second-order valence-corrected chi connectivity index (χ2v) is 8.12. The van der Waals surface area contributed by atoms with E-state index >= 15 is 0 Å². The third-order valence-electron chi connectivity index (χ3n) is 5.15. The monoisotopic (exact) mass is 459 g/mol. The van der Waals surface area contributed by atoms with Gasteiger partial charge in [0.25, 0.3) is 11.7 Å². The van der Waals surface area contributed by atoms with Crippen molar-refractivity contribution in [2.24, 2.45) is 0 Å². The summed E-state index contributed by atoms with van der Waals surface area (Å²) >= 11 is 6.19. The van der Waals surface area contributed by atoms with Gasteiger partial charge in [-0.05, 0) is 56.2 Å². The summed E-state index contributed by atoms with van der Waals surface area (Å²) in [7, 11) is 1.47. The maximum Gasteiger partial charge on any atom is 0.295 e. The summed E-state index contributed by atoms with van der Waals surface area (Å²) in [6.45, 7) is 4.50. The highest BCUT2D eigenvalue weighted by atomic mass is 35.5. The molecule has 0 radical (unpaired) electrons. The minimum absolute atomic E-state index is 0.0104.